The highest BCUT2D eigenvalue weighted by atomic mass is 35.5. The van der Waals surface area contributed by atoms with Gasteiger partial charge in [0.15, 0.2) is 0 Å². The first-order valence-corrected chi connectivity index (χ1v) is 9.48. The quantitative estimate of drug-likeness (QED) is 0.595. The Hall–Kier alpha value is -0.730. The third kappa shape index (κ3) is 5.39. The van der Waals surface area contributed by atoms with Gasteiger partial charge in [0.25, 0.3) is 0 Å². The molecular weight excluding hydrogens is 306 g/mol. The molecule has 0 amide bonds. The van der Waals surface area contributed by atoms with Crippen molar-refractivity contribution in [2.24, 2.45) is 5.92 Å². The van der Waals surface area contributed by atoms with Crippen LogP contribution in [0.4, 0.5) is 5.69 Å². The molecule has 2 N–H and O–H groups in total. The Kier molecular flexibility index (Phi) is 6.39. The number of benzene rings is 1. The molecule has 3 heteroatoms. The van der Waals surface area contributed by atoms with Gasteiger partial charge in [-0.25, -0.2) is 0 Å². The fraction of sp³-hybridized carbons (Fsp3) is 0.700. The molecule has 2 rings (SSSR count). The van der Waals surface area contributed by atoms with Crippen molar-refractivity contribution in [1.29, 1.82) is 0 Å². The minimum atomic E-state index is -0.415. The minimum Gasteiger partial charge on any atom is -0.390 e. The van der Waals surface area contributed by atoms with E-state index < -0.39 is 5.60 Å². The summed E-state index contributed by atoms with van der Waals surface area (Å²) in [6, 6.07) is 7.92. The van der Waals surface area contributed by atoms with E-state index in [1.165, 1.54) is 12.8 Å². The van der Waals surface area contributed by atoms with E-state index in [4.69, 9.17) is 11.6 Å². The number of halogens is 1. The van der Waals surface area contributed by atoms with Crippen LogP contribution < -0.4 is 5.32 Å². The largest absolute Gasteiger partial charge is 0.390 e. The highest BCUT2D eigenvalue weighted by Crippen LogP contribution is 2.41. The Bertz CT molecular complexity index is 475. The zero-order valence-corrected chi connectivity index (χ0v) is 15.6. The number of anilines is 1. The molecule has 1 fully saturated rings. The molecule has 0 spiro atoms. The summed E-state index contributed by atoms with van der Waals surface area (Å²) in [6.45, 7) is 6.76. The lowest BCUT2D eigenvalue weighted by Crippen LogP contribution is -2.45. The zero-order valence-electron chi connectivity index (χ0n) is 14.9. The van der Waals surface area contributed by atoms with Gasteiger partial charge in [0, 0.05) is 16.2 Å². The van der Waals surface area contributed by atoms with Gasteiger partial charge in [0.05, 0.1) is 5.60 Å². The van der Waals surface area contributed by atoms with Crippen LogP contribution in [0.1, 0.15) is 72.1 Å². The number of rotatable bonds is 7. The highest BCUT2D eigenvalue weighted by Gasteiger charge is 2.38. The summed E-state index contributed by atoms with van der Waals surface area (Å²) in [7, 11) is 0. The number of aliphatic hydroxyl groups is 1. The van der Waals surface area contributed by atoms with Crippen LogP contribution >= 0.6 is 11.6 Å². The lowest BCUT2D eigenvalue weighted by Gasteiger charge is -2.43. The van der Waals surface area contributed by atoms with Crippen LogP contribution in [0.15, 0.2) is 24.3 Å². The summed E-state index contributed by atoms with van der Waals surface area (Å²) in [6.07, 6.45) is 8.64. The van der Waals surface area contributed by atoms with Gasteiger partial charge >= 0.3 is 0 Å². The minimum absolute atomic E-state index is 0.0264. The average molecular weight is 338 g/mol. The summed E-state index contributed by atoms with van der Waals surface area (Å²) in [5, 5.41) is 15.2. The molecule has 130 valence electrons. The van der Waals surface area contributed by atoms with E-state index in [0.29, 0.717) is 5.92 Å². The lowest BCUT2D eigenvalue weighted by molar-refractivity contribution is -0.0247. The second kappa shape index (κ2) is 7.90. The number of unbranched alkanes of at least 4 members (excludes halogenated alkanes) is 2. The number of nitrogens with one attached hydrogen (secondary N) is 1. The average Bonchev–Trinajstić information content (AvgIpc) is 2.50. The zero-order chi connectivity index (χ0) is 16.9. The molecule has 0 unspecified atom stereocenters. The maximum Gasteiger partial charge on any atom is 0.0648 e. The van der Waals surface area contributed by atoms with E-state index in [1.807, 2.05) is 24.3 Å². The molecule has 1 aliphatic rings. The predicted octanol–water partition coefficient (Wildman–Crippen LogP) is 6.03. The fourth-order valence-electron chi connectivity index (χ4n) is 3.84. The Labute approximate surface area is 146 Å². The first-order valence-electron chi connectivity index (χ1n) is 9.11. The maximum atomic E-state index is 10.8. The standard InChI is InChI=1S/C20H32ClNO/c1-4-5-6-13-20(23)14-11-16(12-15-20)19(2,3)22-18-9-7-17(21)8-10-18/h7-10,16,22-23H,4-6,11-15H2,1-3H3. The van der Waals surface area contributed by atoms with Crippen molar-refractivity contribution in [3.05, 3.63) is 29.3 Å². The molecule has 0 heterocycles. The molecular formula is C20H32ClNO. The molecule has 0 saturated heterocycles. The van der Waals surface area contributed by atoms with E-state index in [1.54, 1.807) is 0 Å². The first kappa shape index (κ1) is 18.6. The van der Waals surface area contributed by atoms with Crippen molar-refractivity contribution in [2.45, 2.75) is 83.3 Å². The molecule has 0 bridgehead atoms. The van der Waals surface area contributed by atoms with Crippen LogP contribution in [0, 0.1) is 5.92 Å². The van der Waals surface area contributed by atoms with E-state index in [9.17, 15) is 5.11 Å². The van der Waals surface area contributed by atoms with Crippen LogP contribution in [0.2, 0.25) is 5.02 Å². The van der Waals surface area contributed by atoms with E-state index >= 15 is 0 Å². The summed E-state index contributed by atoms with van der Waals surface area (Å²) in [4.78, 5) is 0. The SMILES string of the molecule is CCCCCC1(O)CCC(C(C)(C)Nc2ccc(Cl)cc2)CC1. The van der Waals surface area contributed by atoms with Crippen LogP contribution in [0.25, 0.3) is 0 Å². The van der Waals surface area contributed by atoms with Gasteiger partial charge in [-0.15, -0.1) is 0 Å². The monoisotopic (exact) mass is 337 g/mol. The van der Waals surface area contributed by atoms with E-state index in [0.717, 1.165) is 49.2 Å². The molecule has 0 radical (unpaired) electrons. The third-order valence-corrected chi connectivity index (χ3v) is 5.75. The molecule has 0 aromatic heterocycles. The van der Waals surface area contributed by atoms with Crippen LogP contribution in [-0.4, -0.2) is 16.2 Å². The van der Waals surface area contributed by atoms with Crippen molar-refractivity contribution in [3.8, 4) is 0 Å². The molecule has 0 atom stereocenters. The van der Waals surface area contributed by atoms with Crippen molar-refractivity contribution in [1.82, 2.24) is 0 Å². The molecule has 0 aliphatic heterocycles. The van der Waals surface area contributed by atoms with Gasteiger partial charge in [0.1, 0.15) is 0 Å². The number of hydrogen-bond acceptors (Lipinski definition) is 2. The van der Waals surface area contributed by atoms with Gasteiger partial charge in [-0.05, 0) is 76.1 Å². The molecule has 2 nitrogen and oxygen atoms in total. The second-order valence-electron chi connectivity index (χ2n) is 7.81. The number of hydrogen-bond donors (Lipinski definition) is 2. The third-order valence-electron chi connectivity index (χ3n) is 5.49. The van der Waals surface area contributed by atoms with E-state index in [2.05, 4.69) is 26.1 Å². The topological polar surface area (TPSA) is 32.3 Å². The smallest absolute Gasteiger partial charge is 0.0648 e. The summed E-state index contributed by atoms with van der Waals surface area (Å²) < 4.78 is 0. The highest BCUT2D eigenvalue weighted by molar-refractivity contribution is 6.30. The van der Waals surface area contributed by atoms with Crippen molar-refractivity contribution in [2.75, 3.05) is 5.32 Å². The van der Waals surface area contributed by atoms with Crippen molar-refractivity contribution < 1.29 is 5.11 Å². The fourth-order valence-corrected chi connectivity index (χ4v) is 3.96. The van der Waals surface area contributed by atoms with E-state index in [-0.39, 0.29) is 5.54 Å². The van der Waals surface area contributed by atoms with Crippen LogP contribution in [0.5, 0.6) is 0 Å². The molecule has 23 heavy (non-hydrogen) atoms. The maximum absolute atomic E-state index is 10.8. The Morgan fingerprint density at radius 3 is 2.35 bits per heavy atom. The summed E-state index contributed by atoms with van der Waals surface area (Å²) in [5.74, 6) is 0.588. The normalized spacial score (nSPS) is 25.3. The Morgan fingerprint density at radius 2 is 1.78 bits per heavy atom. The van der Waals surface area contributed by atoms with Gasteiger partial charge in [0.2, 0.25) is 0 Å². The summed E-state index contributed by atoms with van der Waals surface area (Å²) >= 11 is 5.96. The van der Waals surface area contributed by atoms with Gasteiger partial charge in [-0.2, -0.15) is 0 Å². The second-order valence-corrected chi connectivity index (χ2v) is 8.25. The van der Waals surface area contributed by atoms with Crippen LogP contribution in [-0.2, 0) is 0 Å². The molecule has 1 aliphatic carbocycles. The van der Waals surface area contributed by atoms with Crippen molar-refractivity contribution >= 4 is 17.3 Å². The lowest BCUT2D eigenvalue weighted by atomic mass is 9.70. The Balaban J connectivity index is 1.88. The molecule has 1 aromatic carbocycles. The molecule has 1 aromatic rings. The van der Waals surface area contributed by atoms with Crippen molar-refractivity contribution in [3.63, 3.8) is 0 Å². The predicted molar refractivity (Wildman–Crippen MR) is 100 cm³/mol. The first-order chi connectivity index (χ1) is 10.8. The van der Waals surface area contributed by atoms with Gasteiger partial charge < -0.3 is 10.4 Å². The Morgan fingerprint density at radius 1 is 1.17 bits per heavy atom. The summed E-state index contributed by atoms with van der Waals surface area (Å²) in [5.41, 5.74) is 0.726. The van der Waals surface area contributed by atoms with Crippen LogP contribution in [0.3, 0.4) is 0 Å². The van der Waals surface area contributed by atoms with Gasteiger partial charge in [-0.1, -0.05) is 37.8 Å². The molecule has 1 saturated carbocycles. The van der Waals surface area contributed by atoms with Gasteiger partial charge in [-0.3, -0.25) is 0 Å².